The molecule has 0 saturated carbocycles. The van der Waals surface area contributed by atoms with Gasteiger partial charge in [0.1, 0.15) is 0 Å². The number of rotatable bonds is 25. The van der Waals surface area contributed by atoms with E-state index in [9.17, 15) is 0 Å². The van der Waals surface area contributed by atoms with Crippen molar-refractivity contribution in [1.29, 1.82) is 0 Å². The highest BCUT2D eigenvalue weighted by molar-refractivity contribution is 4.51. The van der Waals surface area contributed by atoms with Gasteiger partial charge in [0.2, 0.25) is 0 Å². The van der Waals surface area contributed by atoms with E-state index in [1.165, 1.54) is 25.7 Å². The van der Waals surface area contributed by atoms with Gasteiger partial charge in [0, 0.05) is 52.9 Å². The van der Waals surface area contributed by atoms with Gasteiger partial charge in [-0.25, -0.2) is 0 Å². The lowest BCUT2D eigenvalue weighted by Crippen LogP contribution is -2.19. The Kier molecular flexibility index (Phi) is 38.6. The third-order valence-electron chi connectivity index (χ3n) is 5.15. The molecule has 0 amide bonds. The van der Waals surface area contributed by atoms with Gasteiger partial charge < -0.3 is 28.4 Å². The van der Waals surface area contributed by atoms with Crippen molar-refractivity contribution in [1.82, 2.24) is 0 Å². The van der Waals surface area contributed by atoms with Crippen molar-refractivity contribution in [2.24, 2.45) is 23.7 Å². The molecule has 0 N–H and O–H groups in total. The van der Waals surface area contributed by atoms with Gasteiger partial charge in [0.05, 0.1) is 25.4 Å². The lowest BCUT2D eigenvalue weighted by molar-refractivity contribution is -0.0215. The van der Waals surface area contributed by atoms with Crippen LogP contribution in [0.4, 0.5) is 0 Å². The molecule has 0 aromatic carbocycles. The molecule has 6 heteroatoms. The first kappa shape index (κ1) is 44.2. The topological polar surface area (TPSA) is 55.4 Å². The molecule has 0 radical (unpaired) electrons. The van der Waals surface area contributed by atoms with Crippen molar-refractivity contribution >= 4 is 0 Å². The van der Waals surface area contributed by atoms with E-state index in [1.807, 2.05) is 0 Å². The maximum Gasteiger partial charge on any atom is 0.0780 e. The standard InChI is InChI=1S/C12H26O2.2C11H24O2/c1-3-5-9-13-11-7-8-12-14-10-6-4-2;2*1-9(2)6-12-8-11(5)13-7-10(3)4/h3-12H2,1-2H3;2*9-11H,6-8H2,1-5H3. The highest BCUT2D eigenvalue weighted by atomic mass is 16.5. The van der Waals surface area contributed by atoms with Crippen LogP contribution in [0, 0.1) is 23.7 Å². The van der Waals surface area contributed by atoms with Gasteiger partial charge in [0.15, 0.2) is 0 Å². The second kappa shape index (κ2) is 35.0. The minimum atomic E-state index is 0.223. The minimum absolute atomic E-state index is 0.223. The molecule has 0 rings (SSSR count). The average Bonchev–Trinajstić information content (AvgIpc) is 2.88. The third-order valence-corrected chi connectivity index (χ3v) is 5.15. The molecule has 0 aliphatic carbocycles. The smallest absolute Gasteiger partial charge is 0.0780 e. The van der Waals surface area contributed by atoms with Crippen LogP contribution in [0.25, 0.3) is 0 Å². The monoisotopic (exact) mass is 579 g/mol. The molecule has 0 heterocycles. The van der Waals surface area contributed by atoms with Gasteiger partial charge in [0.25, 0.3) is 0 Å². The lowest BCUT2D eigenvalue weighted by Gasteiger charge is -2.15. The Bertz CT molecular complexity index is 402. The van der Waals surface area contributed by atoms with E-state index < -0.39 is 0 Å². The molecule has 0 saturated heterocycles. The first-order chi connectivity index (χ1) is 19.0. The zero-order chi connectivity index (χ0) is 31.0. The summed E-state index contributed by atoms with van der Waals surface area (Å²) >= 11 is 0. The molecule has 246 valence electrons. The van der Waals surface area contributed by atoms with Gasteiger partial charge in [-0.3, -0.25) is 0 Å². The zero-order valence-corrected chi connectivity index (χ0v) is 29.2. The Morgan fingerprint density at radius 2 is 0.650 bits per heavy atom. The summed E-state index contributed by atoms with van der Waals surface area (Å²) < 4.78 is 32.9. The highest BCUT2D eigenvalue weighted by Crippen LogP contribution is 2.01. The second-order valence-electron chi connectivity index (χ2n) is 12.6. The van der Waals surface area contributed by atoms with Crippen molar-refractivity contribution in [3.8, 4) is 0 Å². The molecular weight excluding hydrogens is 504 g/mol. The van der Waals surface area contributed by atoms with Crippen molar-refractivity contribution in [2.75, 3.05) is 66.1 Å². The molecule has 0 aliphatic heterocycles. The summed E-state index contributed by atoms with van der Waals surface area (Å²) in [5.41, 5.74) is 0. The zero-order valence-electron chi connectivity index (χ0n) is 29.2. The van der Waals surface area contributed by atoms with E-state index >= 15 is 0 Å². The Labute approximate surface area is 251 Å². The second-order valence-corrected chi connectivity index (χ2v) is 12.6. The molecule has 0 aromatic heterocycles. The van der Waals surface area contributed by atoms with Crippen LogP contribution in [-0.2, 0) is 28.4 Å². The predicted octanol–water partition coefficient (Wildman–Crippen LogP) is 8.84. The summed E-state index contributed by atoms with van der Waals surface area (Å²) in [6.45, 7) is 34.1. The average molecular weight is 579 g/mol. The Hall–Kier alpha value is -0.240. The van der Waals surface area contributed by atoms with E-state index in [0.717, 1.165) is 65.7 Å². The van der Waals surface area contributed by atoms with Crippen LogP contribution in [0.15, 0.2) is 0 Å². The van der Waals surface area contributed by atoms with E-state index in [1.54, 1.807) is 0 Å². The molecule has 40 heavy (non-hydrogen) atoms. The summed E-state index contributed by atoms with van der Waals surface area (Å²) in [6.07, 6.45) is 7.54. The van der Waals surface area contributed by atoms with Gasteiger partial charge in [-0.2, -0.15) is 0 Å². The summed E-state index contributed by atoms with van der Waals surface area (Å²) in [4.78, 5) is 0. The van der Waals surface area contributed by atoms with Crippen LogP contribution in [0.1, 0.15) is 122 Å². The first-order valence-corrected chi connectivity index (χ1v) is 16.5. The Morgan fingerprint density at radius 3 is 0.925 bits per heavy atom. The molecule has 0 fully saturated rings. The van der Waals surface area contributed by atoms with E-state index in [-0.39, 0.29) is 12.2 Å². The first-order valence-electron chi connectivity index (χ1n) is 16.5. The molecule has 2 atom stereocenters. The molecule has 0 aromatic rings. The fourth-order valence-electron chi connectivity index (χ4n) is 2.85. The highest BCUT2D eigenvalue weighted by Gasteiger charge is 2.05. The van der Waals surface area contributed by atoms with Crippen LogP contribution in [0.2, 0.25) is 0 Å². The summed E-state index contributed by atoms with van der Waals surface area (Å²) in [6, 6.07) is 0. The van der Waals surface area contributed by atoms with E-state index in [0.29, 0.717) is 36.9 Å². The van der Waals surface area contributed by atoms with Crippen LogP contribution in [0.3, 0.4) is 0 Å². The van der Waals surface area contributed by atoms with Gasteiger partial charge in [-0.15, -0.1) is 0 Å². The molecule has 6 nitrogen and oxygen atoms in total. The van der Waals surface area contributed by atoms with Crippen LogP contribution >= 0.6 is 0 Å². The third kappa shape index (κ3) is 47.5. The van der Waals surface area contributed by atoms with Gasteiger partial charge in [-0.05, 0) is 63.2 Å². The fraction of sp³-hybridized carbons (Fsp3) is 1.00. The number of unbranched alkanes of at least 4 members (excludes halogenated alkanes) is 3. The maximum absolute atomic E-state index is 5.56. The van der Waals surface area contributed by atoms with Gasteiger partial charge >= 0.3 is 0 Å². The molecular formula is C34H74O6. The molecule has 0 spiro atoms. The maximum atomic E-state index is 5.56. The van der Waals surface area contributed by atoms with Gasteiger partial charge in [-0.1, -0.05) is 82.1 Å². The Morgan fingerprint density at radius 1 is 0.350 bits per heavy atom. The van der Waals surface area contributed by atoms with Crippen molar-refractivity contribution < 1.29 is 28.4 Å². The molecule has 0 aliphatic rings. The number of hydrogen-bond acceptors (Lipinski definition) is 6. The summed E-state index contributed by atoms with van der Waals surface area (Å²) in [5.74, 6) is 2.43. The molecule has 2 unspecified atom stereocenters. The van der Waals surface area contributed by atoms with Crippen molar-refractivity contribution in [3.63, 3.8) is 0 Å². The summed E-state index contributed by atoms with van der Waals surface area (Å²) in [7, 11) is 0. The lowest BCUT2D eigenvalue weighted by atomic mass is 10.2. The quantitative estimate of drug-likeness (QED) is 0.101. The van der Waals surface area contributed by atoms with Crippen LogP contribution in [-0.4, -0.2) is 78.3 Å². The van der Waals surface area contributed by atoms with E-state index in [4.69, 9.17) is 28.4 Å². The summed E-state index contributed by atoms with van der Waals surface area (Å²) in [5, 5.41) is 0. The van der Waals surface area contributed by atoms with Crippen LogP contribution < -0.4 is 0 Å². The SMILES string of the molecule is CC(C)COCC(C)OCC(C)C.CC(C)COCC(C)OCC(C)C.CCCCOCCCCOCCCC. The van der Waals surface area contributed by atoms with Crippen molar-refractivity contribution in [3.05, 3.63) is 0 Å². The Balaban J connectivity index is -0.000000514. The largest absolute Gasteiger partial charge is 0.381 e. The van der Waals surface area contributed by atoms with Crippen molar-refractivity contribution in [2.45, 2.75) is 134 Å². The number of hydrogen-bond donors (Lipinski definition) is 0. The number of ether oxygens (including phenoxy) is 6. The normalized spacial score (nSPS) is 12.9. The predicted molar refractivity (Wildman–Crippen MR) is 173 cm³/mol. The van der Waals surface area contributed by atoms with E-state index in [2.05, 4.69) is 83.1 Å². The van der Waals surface area contributed by atoms with Crippen LogP contribution in [0.5, 0.6) is 0 Å². The molecule has 0 bridgehead atoms. The minimum Gasteiger partial charge on any atom is -0.381 e. The fourth-order valence-corrected chi connectivity index (χ4v) is 2.85.